The molecule has 1 aromatic rings. The first-order valence-corrected chi connectivity index (χ1v) is 6.00. The lowest BCUT2D eigenvalue weighted by Crippen LogP contribution is -2.30. The van der Waals surface area contributed by atoms with Crippen LogP contribution < -0.4 is 10.6 Å². The minimum atomic E-state index is 0.155. The van der Waals surface area contributed by atoms with Gasteiger partial charge in [-0.1, -0.05) is 5.16 Å². The van der Waals surface area contributed by atoms with E-state index in [2.05, 4.69) is 20.8 Å². The molecule has 1 aromatic heterocycles. The molecule has 0 saturated carbocycles. The fraction of sp³-hybridized carbons (Fsp3) is 0.818. The van der Waals surface area contributed by atoms with Crippen molar-refractivity contribution in [1.29, 1.82) is 0 Å². The van der Waals surface area contributed by atoms with Gasteiger partial charge in [0.1, 0.15) is 0 Å². The Bertz CT molecular complexity index is 320. The van der Waals surface area contributed by atoms with E-state index in [1.165, 1.54) is 12.8 Å². The van der Waals surface area contributed by atoms with E-state index in [4.69, 9.17) is 4.52 Å². The molecule has 2 heterocycles. The maximum atomic E-state index is 5.26. The van der Waals surface area contributed by atoms with Gasteiger partial charge < -0.3 is 15.2 Å². The summed E-state index contributed by atoms with van der Waals surface area (Å²) < 4.78 is 5.26. The Labute approximate surface area is 96.0 Å². The molecule has 2 atom stereocenters. The van der Waals surface area contributed by atoms with Crippen molar-refractivity contribution in [2.45, 2.75) is 32.2 Å². The van der Waals surface area contributed by atoms with Gasteiger partial charge in [0.2, 0.25) is 5.89 Å². The van der Waals surface area contributed by atoms with E-state index in [-0.39, 0.29) is 6.04 Å². The molecule has 0 amide bonds. The zero-order valence-corrected chi connectivity index (χ0v) is 9.99. The SMILES string of the molecule is CNC(C)c1noc(CC2CCCNC2)n1. The van der Waals surface area contributed by atoms with Crippen molar-refractivity contribution in [2.24, 2.45) is 5.92 Å². The van der Waals surface area contributed by atoms with Crippen molar-refractivity contribution in [1.82, 2.24) is 20.8 Å². The highest BCUT2D eigenvalue weighted by Gasteiger charge is 2.18. The predicted octanol–water partition coefficient (Wildman–Crippen LogP) is 0.892. The average Bonchev–Trinajstić information content (AvgIpc) is 2.78. The molecule has 0 aromatic carbocycles. The molecule has 1 saturated heterocycles. The molecular weight excluding hydrogens is 204 g/mol. The molecule has 0 spiro atoms. The standard InChI is InChI=1S/C11H20N4O/c1-8(12-2)11-14-10(16-15-11)6-9-4-3-5-13-7-9/h8-9,12-13H,3-7H2,1-2H3. The van der Waals surface area contributed by atoms with Crippen LogP contribution in [0.1, 0.15) is 37.5 Å². The number of piperidine rings is 1. The number of hydrogen-bond acceptors (Lipinski definition) is 5. The van der Waals surface area contributed by atoms with Gasteiger partial charge in [0.15, 0.2) is 5.82 Å². The third-order valence-corrected chi connectivity index (χ3v) is 3.17. The Kier molecular flexibility index (Phi) is 3.90. The van der Waals surface area contributed by atoms with Gasteiger partial charge in [0, 0.05) is 6.42 Å². The van der Waals surface area contributed by atoms with Gasteiger partial charge in [-0.15, -0.1) is 0 Å². The lowest BCUT2D eigenvalue weighted by atomic mass is 9.96. The Morgan fingerprint density at radius 2 is 2.50 bits per heavy atom. The van der Waals surface area contributed by atoms with E-state index < -0.39 is 0 Å². The van der Waals surface area contributed by atoms with Crippen LogP contribution in [0.2, 0.25) is 0 Å². The fourth-order valence-electron chi connectivity index (χ4n) is 2.00. The van der Waals surface area contributed by atoms with E-state index in [9.17, 15) is 0 Å². The summed E-state index contributed by atoms with van der Waals surface area (Å²) in [5, 5.41) is 10.5. The molecule has 0 aliphatic carbocycles. The van der Waals surface area contributed by atoms with Crippen molar-refractivity contribution in [3.05, 3.63) is 11.7 Å². The lowest BCUT2D eigenvalue weighted by molar-refractivity contribution is 0.313. The second-order valence-corrected chi connectivity index (χ2v) is 4.47. The normalized spacial score (nSPS) is 23.2. The molecule has 2 rings (SSSR count). The number of nitrogens with zero attached hydrogens (tertiary/aromatic N) is 2. The number of hydrogen-bond donors (Lipinski definition) is 2. The smallest absolute Gasteiger partial charge is 0.227 e. The van der Waals surface area contributed by atoms with Crippen LogP contribution in [-0.4, -0.2) is 30.3 Å². The average molecular weight is 224 g/mol. The molecule has 16 heavy (non-hydrogen) atoms. The summed E-state index contributed by atoms with van der Waals surface area (Å²) in [6.07, 6.45) is 3.40. The molecule has 90 valence electrons. The number of rotatable bonds is 4. The summed E-state index contributed by atoms with van der Waals surface area (Å²) in [7, 11) is 1.89. The second kappa shape index (κ2) is 5.41. The third-order valence-electron chi connectivity index (χ3n) is 3.17. The molecule has 2 N–H and O–H groups in total. The van der Waals surface area contributed by atoms with Crippen LogP contribution in [0.25, 0.3) is 0 Å². The number of nitrogens with one attached hydrogen (secondary N) is 2. The predicted molar refractivity (Wildman–Crippen MR) is 61.1 cm³/mol. The van der Waals surface area contributed by atoms with Gasteiger partial charge in [-0.2, -0.15) is 4.98 Å². The van der Waals surface area contributed by atoms with E-state index in [1.54, 1.807) is 0 Å². The first-order chi connectivity index (χ1) is 7.79. The van der Waals surface area contributed by atoms with E-state index in [0.29, 0.717) is 5.92 Å². The lowest BCUT2D eigenvalue weighted by Gasteiger charge is -2.20. The van der Waals surface area contributed by atoms with Gasteiger partial charge in [-0.3, -0.25) is 0 Å². The number of aromatic nitrogens is 2. The Morgan fingerprint density at radius 3 is 3.19 bits per heavy atom. The van der Waals surface area contributed by atoms with Crippen LogP contribution in [-0.2, 0) is 6.42 Å². The zero-order valence-electron chi connectivity index (χ0n) is 9.99. The highest BCUT2D eigenvalue weighted by Crippen LogP contribution is 2.16. The van der Waals surface area contributed by atoms with Gasteiger partial charge in [0.05, 0.1) is 6.04 Å². The Balaban J connectivity index is 1.91. The van der Waals surface area contributed by atoms with Gasteiger partial charge >= 0.3 is 0 Å². The highest BCUT2D eigenvalue weighted by atomic mass is 16.5. The van der Waals surface area contributed by atoms with E-state index in [1.807, 2.05) is 14.0 Å². The van der Waals surface area contributed by atoms with Gasteiger partial charge in [-0.05, 0) is 45.8 Å². The first kappa shape index (κ1) is 11.5. The summed E-state index contributed by atoms with van der Waals surface area (Å²) in [4.78, 5) is 4.41. The maximum absolute atomic E-state index is 5.26. The summed E-state index contributed by atoms with van der Waals surface area (Å²) in [5.41, 5.74) is 0. The minimum Gasteiger partial charge on any atom is -0.339 e. The van der Waals surface area contributed by atoms with Crippen molar-refractivity contribution >= 4 is 0 Å². The van der Waals surface area contributed by atoms with Crippen LogP contribution in [0, 0.1) is 5.92 Å². The molecule has 1 fully saturated rings. The summed E-state index contributed by atoms with van der Waals surface area (Å²) in [5.74, 6) is 2.17. The molecule has 5 heteroatoms. The Hall–Kier alpha value is -0.940. The minimum absolute atomic E-state index is 0.155. The van der Waals surface area contributed by atoms with Crippen molar-refractivity contribution in [3.8, 4) is 0 Å². The van der Waals surface area contributed by atoms with E-state index >= 15 is 0 Å². The third kappa shape index (κ3) is 2.80. The molecule has 0 bridgehead atoms. The molecule has 2 unspecified atom stereocenters. The summed E-state index contributed by atoms with van der Waals surface area (Å²) in [6.45, 7) is 4.23. The highest BCUT2D eigenvalue weighted by molar-refractivity contribution is 4.93. The molecule has 1 aliphatic heterocycles. The van der Waals surface area contributed by atoms with E-state index in [0.717, 1.165) is 31.2 Å². The fourth-order valence-corrected chi connectivity index (χ4v) is 2.00. The van der Waals surface area contributed by atoms with Crippen LogP contribution in [0.5, 0.6) is 0 Å². The first-order valence-electron chi connectivity index (χ1n) is 6.00. The second-order valence-electron chi connectivity index (χ2n) is 4.47. The van der Waals surface area contributed by atoms with Crippen LogP contribution in [0.3, 0.4) is 0 Å². The van der Waals surface area contributed by atoms with Crippen LogP contribution >= 0.6 is 0 Å². The summed E-state index contributed by atoms with van der Waals surface area (Å²) in [6, 6.07) is 0.155. The maximum Gasteiger partial charge on any atom is 0.227 e. The van der Waals surface area contributed by atoms with Crippen molar-refractivity contribution in [2.75, 3.05) is 20.1 Å². The Morgan fingerprint density at radius 1 is 1.62 bits per heavy atom. The quantitative estimate of drug-likeness (QED) is 0.795. The van der Waals surface area contributed by atoms with Crippen molar-refractivity contribution < 1.29 is 4.52 Å². The van der Waals surface area contributed by atoms with Crippen molar-refractivity contribution in [3.63, 3.8) is 0 Å². The topological polar surface area (TPSA) is 63.0 Å². The van der Waals surface area contributed by atoms with Gasteiger partial charge in [-0.25, -0.2) is 0 Å². The monoisotopic (exact) mass is 224 g/mol. The van der Waals surface area contributed by atoms with Gasteiger partial charge in [0.25, 0.3) is 0 Å². The molecule has 0 radical (unpaired) electrons. The zero-order chi connectivity index (χ0) is 11.4. The molecular formula is C11H20N4O. The molecule has 5 nitrogen and oxygen atoms in total. The van der Waals surface area contributed by atoms with Crippen LogP contribution in [0.4, 0.5) is 0 Å². The van der Waals surface area contributed by atoms with Crippen LogP contribution in [0.15, 0.2) is 4.52 Å². The molecule has 1 aliphatic rings. The largest absolute Gasteiger partial charge is 0.339 e. The summed E-state index contributed by atoms with van der Waals surface area (Å²) >= 11 is 0.